The van der Waals surface area contributed by atoms with Crippen LogP contribution in [0.4, 0.5) is 5.69 Å². The van der Waals surface area contributed by atoms with Crippen LogP contribution in [0.25, 0.3) is 11.1 Å². The first kappa shape index (κ1) is 11.8. The van der Waals surface area contributed by atoms with Crippen LogP contribution in [-0.4, -0.2) is 22.9 Å². The molecule has 0 fully saturated rings. The van der Waals surface area contributed by atoms with Crippen molar-refractivity contribution in [3.63, 3.8) is 0 Å². The molecule has 2 heterocycles. The maximum atomic E-state index is 12.2. The van der Waals surface area contributed by atoms with Gasteiger partial charge in [-0.3, -0.25) is 4.79 Å². The number of hydrogen-bond donors (Lipinski definition) is 0. The van der Waals surface area contributed by atoms with Gasteiger partial charge in [-0.2, -0.15) is 0 Å². The Morgan fingerprint density at radius 2 is 1.79 bits per heavy atom. The van der Waals surface area contributed by atoms with E-state index in [9.17, 15) is 4.79 Å². The first-order chi connectivity index (χ1) is 9.01. The third kappa shape index (κ3) is 1.63. The maximum absolute atomic E-state index is 12.2. The van der Waals surface area contributed by atoms with Crippen molar-refractivity contribution in [2.45, 2.75) is 19.3 Å². The predicted octanol–water partition coefficient (Wildman–Crippen LogP) is 2.40. The monoisotopic (exact) mass is 253 g/mol. The number of carbonyl (C=O) groups is 1. The summed E-state index contributed by atoms with van der Waals surface area (Å²) in [6, 6.07) is 6.07. The molecule has 1 aliphatic heterocycles. The zero-order chi connectivity index (χ0) is 13.6. The van der Waals surface area contributed by atoms with Crippen LogP contribution in [0.1, 0.15) is 19.4 Å². The number of fused-ring (bicyclic) bond motifs is 1. The molecule has 0 atom stereocenters. The van der Waals surface area contributed by atoms with Gasteiger partial charge in [-0.05, 0) is 31.0 Å². The van der Waals surface area contributed by atoms with Crippen molar-refractivity contribution in [3.05, 3.63) is 42.5 Å². The van der Waals surface area contributed by atoms with Crippen molar-refractivity contribution in [1.29, 1.82) is 0 Å². The van der Waals surface area contributed by atoms with Crippen molar-refractivity contribution >= 4 is 11.6 Å². The minimum Gasteiger partial charge on any atom is -0.314 e. The average Bonchev–Trinajstić information content (AvgIpc) is 2.61. The summed E-state index contributed by atoms with van der Waals surface area (Å²) in [5.41, 5.74) is 3.57. The molecule has 0 saturated carbocycles. The number of amides is 1. The molecule has 4 heteroatoms. The Hall–Kier alpha value is -2.23. The molecule has 1 aliphatic rings. The summed E-state index contributed by atoms with van der Waals surface area (Å²) in [6.45, 7) is 3.92. The average molecular weight is 253 g/mol. The number of likely N-dealkylation sites (N-methyl/N-ethyl adjacent to an activating group) is 1. The second-order valence-electron chi connectivity index (χ2n) is 5.35. The van der Waals surface area contributed by atoms with E-state index in [0.717, 1.165) is 22.4 Å². The fraction of sp³-hybridized carbons (Fsp3) is 0.267. The molecule has 1 aromatic carbocycles. The van der Waals surface area contributed by atoms with E-state index in [1.54, 1.807) is 17.3 Å². The lowest BCUT2D eigenvalue weighted by atomic mass is 9.85. The smallest absolute Gasteiger partial charge is 0.236 e. The lowest BCUT2D eigenvalue weighted by molar-refractivity contribution is -0.121. The van der Waals surface area contributed by atoms with E-state index in [4.69, 9.17) is 0 Å². The zero-order valence-electron chi connectivity index (χ0n) is 11.2. The maximum Gasteiger partial charge on any atom is 0.236 e. The fourth-order valence-corrected chi connectivity index (χ4v) is 2.61. The standard InChI is InChI=1S/C15H15N3O/c1-15(2)12-5-4-10(11-7-16-9-17-8-11)6-13(12)18(3)14(15)19/h4-9H,1-3H3. The van der Waals surface area contributed by atoms with E-state index in [1.807, 2.05) is 39.1 Å². The molecule has 0 spiro atoms. The summed E-state index contributed by atoms with van der Waals surface area (Å²) in [5.74, 6) is 0.129. The summed E-state index contributed by atoms with van der Waals surface area (Å²) >= 11 is 0. The van der Waals surface area contributed by atoms with E-state index in [-0.39, 0.29) is 5.91 Å². The number of rotatable bonds is 1. The van der Waals surface area contributed by atoms with E-state index < -0.39 is 5.41 Å². The number of anilines is 1. The van der Waals surface area contributed by atoms with Crippen LogP contribution < -0.4 is 4.90 Å². The molecule has 0 unspecified atom stereocenters. The van der Waals surface area contributed by atoms with E-state index >= 15 is 0 Å². The van der Waals surface area contributed by atoms with Gasteiger partial charge in [0.05, 0.1) is 5.41 Å². The molecule has 4 nitrogen and oxygen atoms in total. The highest BCUT2D eigenvalue weighted by Crippen LogP contribution is 2.42. The van der Waals surface area contributed by atoms with E-state index in [0.29, 0.717) is 0 Å². The molecule has 0 bridgehead atoms. The van der Waals surface area contributed by atoms with Crippen molar-refractivity contribution in [2.75, 3.05) is 11.9 Å². The van der Waals surface area contributed by atoms with E-state index in [2.05, 4.69) is 9.97 Å². The number of aromatic nitrogens is 2. The third-order valence-corrected chi connectivity index (χ3v) is 3.77. The topological polar surface area (TPSA) is 46.1 Å². The summed E-state index contributed by atoms with van der Waals surface area (Å²) in [6.07, 6.45) is 5.06. The number of nitrogens with zero attached hydrogens (tertiary/aromatic N) is 3. The van der Waals surface area contributed by atoms with Gasteiger partial charge >= 0.3 is 0 Å². The largest absolute Gasteiger partial charge is 0.314 e. The highest BCUT2D eigenvalue weighted by atomic mass is 16.2. The molecule has 2 aromatic rings. The molecule has 0 aliphatic carbocycles. The molecular weight excluding hydrogens is 238 g/mol. The Kier molecular flexibility index (Phi) is 2.42. The second-order valence-corrected chi connectivity index (χ2v) is 5.35. The molecule has 0 saturated heterocycles. The van der Waals surface area contributed by atoms with Gasteiger partial charge in [-0.15, -0.1) is 0 Å². The minimum atomic E-state index is -0.449. The molecule has 19 heavy (non-hydrogen) atoms. The normalized spacial score (nSPS) is 16.6. The van der Waals surface area contributed by atoms with Gasteiger partial charge in [0.25, 0.3) is 0 Å². The van der Waals surface area contributed by atoms with Gasteiger partial charge in [0.2, 0.25) is 5.91 Å². The Morgan fingerprint density at radius 3 is 2.47 bits per heavy atom. The first-order valence-corrected chi connectivity index (χ1v) is 6.20. The van der Waals surface area contributed by atoms with Gasteiger partial charge in [0, 0.05) is 30.7 Å². The Balaban J connectivity index is 2.15. The van der Waals surface area contributed by atoms with Crippen molar-refractivity contribution < 1.29 is 4.79 Å². The fourth-order valence-electron chi connectivity index (χ4n) is 2.61. The lowest BCUT2D eigenvalue weighted by Gasteiger charge is -2.16. The van der Waals surface area contributed by atoms with Crippen molar-refractivity contribution in [1.82, 2.24) is 9.97 Å². The van der Waals surface area contributed by atoms with Crippen LogP contribution in [0, 0.1) is 0 Å². The Morgan fingerprint density at radius 1 is 1.11 bits per heavy atom. The van der Waals surface area contributed by atoms with Gasteiger partial charge < -0.3 is 4.90 Å². The molecule has 96 valence electrons. The quantitative estimate of drug-likeness (QED) is 0.784. The highest BCUT2D eigenvalue weighted by Gasteiger charge is 2.42. The van der Waals surface area contributed by atoms with Crippen LogP contribution in [0.15, 0.2) is 36.9 Å². The SMILES string of the molecule is CN1C(=O)C(C)(C)c2ccc(-c3cncnc3)cc21. The molecule has 1 amide bonds. The molecule has 0 N–H and O–H groups in total. The minimum absolute atomic E-state index is 0.129. The molecular formula is C15H15N3O. The highest BCUT2D eigenvalue weighted by molar-refractivity contribution is 6.07. The number of benzene rings is 1. The van der Waals surface area contributed by atoms with Crippen LogP contribution in [0.5, 0.6) is 0 Å². The van der Waals surface area contributed by atoms with Crippen LogP contribution >= 0.6 is 0 Å². The Labute approximate surface area is 112 Å². The van der Waals surface area contributed by atoms with Crippen LogP contribution in [0.3, 0.4) is 0 Å². The van der Waals surface area contributed by atoms with Crippen LogP contribution in [-0.2, 0) is 10.2 Å². The molecule has 3 rings (SSSR count). The van der Waals surface area contributed by atoms with E-state index in [1.165, 1.54) is 6.33 Å². The lowest BCUT2D eigenvalue weighted by Crippen LogP contribution is -2.33. The third-order valence-electron chi connectivity index (χ3n) is 3.77. The van der Waals surface area contributed by atoms with Gasteiger partial charge in [-0.1, -0.05) is 12.1 Å². The van der Waals surface area contributed by atoms with Crippen molar-refractivity contribution in [2.24, 2.45) is 0 Å². The number of carbonyl (C=O) groups excluding carboxylic acids is 1. The molecule has 0 radical (unpaired) electrons. The molecule has 1 aromatic heterocycles. The zero-order valence-corrected chi connectivity index (χ0v) is 11.2. The van der Waals surface area contributed by atoms with Crippen molar-refractivity contribution in [3.8, 4) is 11.1 Å². The van der Waals surface area contributed by atoms with Gasteiger partial charge in [0.1, 0.15) is 6.33 Å². The first-order valence-electron chi connectivity index (χ1n) is 6.20. The van der Waals surface area contributed by atoms with Crippen LogP contribution in [0.2, 0.25) is 0 Å². The van der Waals surface area contributed by atoms with Gasteiger partial charge in [0.15, 0.2) is 0 Å². The second kappa shape index (κ2) is 3.88. The summed E-state index contributed by atoms with van der Waals surface area (Å²) in [7, 11) is 1.82. The number of hydrogen-bond acceptors (Lipinski definition) is 3. The van der Waals surface area contributed by atoms with Gasteiger partial charge in [-0.25, -0.2) is 9.97 Å². The predicted molar refractivity (Wildman–Crippen MR) is 73.9 cm³/mol. The Bertz CT molecular complexity index is 650. The summed E-state index contributed by atoms with van der Waals surface area (Å²) < 4.78 is 0. The summed E-state index contributed by atoms with van der Waals surface area (Å²) in [5, 5.41) is 0. The summed E-state index contributed by atoms with van der Waals surface area (Å²) in [4.78, 5) is 22.0.